The van der Waals surface area contributed by atoms with Crippen LogP contribution in [0.4, 0.5) is 0 Å². The van der Waals surface area contributed by atoms with E-state index in [-0.39, 0.29) is 24.4 Å². The Bertz CT molecular complexity index is 1310. The smallest absolute Gasteiger partial charge is 0.161 e. The first-order chi connectivity index (χ1) is 19.8. The highest BCUT2D eigenvalue weighted by Gasteiger charge is 2.51. The summed E-state index contributed by atoms with van der Waals surface area (Å²) in [6, 6.07) is 40.6. The van der Waals surface area contributed by atoms with Crippen LogP contribution in [0.3, 0.4) is 0 Å². The van der Waals surface area contributed by atoms with Gasteiger partial charge >= 0.3 is 0 Å². The van der Waals surface area contributed by atoms with Crippen molar-refractivity contribution >= 4 is 0 Å². The summed E-state index contributed by atoms with van der Waals surface area (Å²) in [5, 5.41) is 0. The maximum absolute atomic E-state index is 6.94. The van der Waals surface area contributed by atoms with Crippen molar-refractivity contribution in [3.05, 3.63) is 138 Å². The van der Waals surface area contributed by atoms with Crippen molar-refractivity contribution in [2.75, 3.05) is 13.7 Å². The number of benzene rings is 4. The highest BCUT2D eigenvalue weighted by Crippen LogP contribution is 2.45. The van der Waals surface area contributed by atoms with E-state index in [4.69, 9.17) is 18.9 Å². The Morgan fingerprint density at radius 2 is 1.10 bits per heavy atom. The van der Waals surface area contributed by atoms with Gasteiger partial charge in [0, 0.05) is 5.92 Å². The lowest BCUT2D eigenvalue weighted by atomic mass is 9.68. The van der Waals surface area contributed by atoms with E-state index in [9.17, 15) is 0 Å². The van der Waals surface area contributed by atoms with Crippen LogP contribution in [0.5, 0.6) is 5.75 Å². The summed E-state index contributed by atoms with van der Waals surface area (Å²) in [6.45, 7) is 1.24. The number of rotatable bonds is 11. The molecule has 6 atom stereocenters. The first kappa shape index (κ1) is 26.8. The SMILES string of the molecule is COc1ccc(COC2OC(C3CO3)[C@H](Cc3ccccc3)[C@H](Cc3ccccc3)[C@H]2Cc2ccccc2)cc1. The van der Waals surface area contributed by atoms with Crippen molar-refractivity contribution in [3.63, 3.8) is 0 Å². The second kappa shape index (κ2) is 12.8. The van der Waals surface area contributed by atoms with Crippen molar-refractivity contribution in [1.82, 2.24) is 0 Å². The number of hydrogen-bond acceptors (Lipinski definition) is 4. The third-order valence-corrected chi connectivity index (χ3v) is 8.40. The molecular weight excluding hydrogens is 496 g/mol. The summed E-state index contributed by atoms with van der Waals surface area (Å²) in [7, 11) is 1.69. The molecule has 4 nitrogen and oxygen atoms in total. The zero-order valence-electron chi connectivity index (χ0n) is 23.1. The molecule has 2 aliphatic heterocycles. The third-order valence-electron chi connectivity index (χ3n) is 8.40. The number of methoxy groups -OCH3 is 1. The van der Waals surface area contributed by atoms with Gasteiger partial charge in [0.1, 0.15) is 11.9 Å². The molecule has 3 unspecified atom stereocenters. The first-order valence-electron chi connectivity index (χ1n) is 14.4. The third kappa shape index (κ3) is 6.64. The molecule has 0 saturated carbocycles. The van der Waals surface area contributed by atoms with E-state index < -0.39 is 0 Å². The van der Waals surface area contributed by atoms with Gasteiger partial charge in [0.05, 0.1) is 26.4 Å². The largest absolute Gasteiger partial charge is 0.497 e. The predicted octanol–water partition coefficient (Wildman–Crippen LogP) is 6.91. The maximum atomic E-state index is 6.94. The van der Waals surface area contributed by atoms with Crippen molar-refractivity contribution in [2.45, 2.75) is 44.4 Å². The molecule has 206 valence electrons. The highest BCUT2D eigenvalue weighted by atomic mass is 16.7. The average Bonchev–Trinajstić information content (AvgIpc) is 3.86. The molecule has 2 heterocycles. The molecular formula is C36H38O4. The van der Waals surface area contributed by atoms with Gasteiger partial charge in [-0.25, -0.2) is 0 Å². The first-order valence-corrected chi connectivity index (χ1v) is 14.4. The van der Waals surface area contributed by atoms with E-state index in [1.807, 2.05) is 12.1 Å². The van der Waals surface area contributed by atoms with Crippen molar-refractivity contribution in [1.29, 1.82) is 0 Å². The van der Waals surface area contributed by atoms with Gasteiger partial charge in [-0.3, -0.25) is 0 Å². The van der Waals surface area contributed by atoms with Crippen LogP contribution < -0.4 is 4.74 Å². The molecule has 0 aliphatic carbocycles. The fraction of sp³-hybridized carbons (Fsp3) is 0.333. The van der Waals surface area contributed by atoms with E-state index in [1.54, 1.807) is 7.11 Å². The minimum atomic E-state index is -0.336. The zero-order chi connectivity index (χ0) is 27.1. The lowest BCUT2D eigenvalue weighted by Gasteiger charge is -2.47. The molecule has 0 amide bonds. The van der Waals surface area contributed by atoms with Gasteiger partial charge in [-0.1, -0.05) is 103 Å². The topological polar surface area (TPSA) is 40.2 Å². The summed E-state index contributed by atoms with van der Waals surface area (Å²) < 4.78 is 24.9. The van der Waals surface area contributed by atoms with Crippen LogP contribution in [0, 0.1) is 17.8 Å². The Balaban J connectivity index is 1.34. The highest BCUT2D eigenvalue weighted by molar-refractivity contribution is 5.27. The monoisotopic (exact) mass is 534 g/mol. The molecule has 4 aromatic rings. The van der Waals surface area contributed by atoms with E-state index in [2.05, 4.69) is 103 Å². The van der Waals surface area contributed by atoms with Crippen LogP contribution in [0.15, 0.2) is 115 Å². The summed E-state index contributed by atoms with van der Waals surface area (Å²) in [5.41, 5.74) is 5.12. The van der Waals surface area contributed by atoms with Gasteiger partial charge in [-0.15, -0.1) is 0 Å². The Hall–Kier alpha value is -3.44. The molecule has 40 heavy (non-hydrogen) atoms. The Kier molecular flexibility index (Phi) is 8.58. The molecule has 2 saturated heterocycles. The molecule has 2 aliphatic rings. The molecule has 0 spiro atoms. The van der Waals surface area contributed by atoms with Crippen LogP contribution in [0.2, 0.25) is 0 Å². The summed E-state index contributed by atoms with van der Waals surface area (Å²) >= 11 is 0. The van der Waals surface area contributed by atoms with Crippen molar-refractivity contribution < 1.29 is 18.9 Å². The molecule has 2 fully saturated rings. The lowest BCUT2D eigenvalue weighted by molar-refractivity contribution is -0.263. The summed E-state index contributed by atoms with van der Waals surface area (Å²) in [5.74, 6) is 1.69. The summed E-state index contributed by atoms with van der Waals surface area (Å²) in [6.07, 6.45) is 2.61. The van der Waals surface area contributed by atoms with Crippen LogP contribution in [0.25, 0.3) is 0 Å². The van der Waals surface area contributed by atoms with Gasteiger partial charge in [0.2, 0.25) is 0 Å². The number of ether oxygens (including phenoxy) is 4. The minimum Gasteiger partial charge on any atom is -0.497 e. The normalized spacial score (nSPS) is 25.8. The lowest BCUT2D eigenvalue weighted by Crippen LogP contribution is -2.52. The van der Waals surface area contributed by atoms with Gasteiger partial charge in [0.15, 0.2) is 6.29 Å². The molecule has 4 heteroatoms. The Labute approximate surface area is 237 Å². The van der Waals surface area contributed by atoms with Crippen LogP contribution in [0.1, 0.15) is 22.3 Å². The standard InChI is InChI=1S/C36H38O4/c1-37-30-19-17-29(18-20-30)24-39-36-33(23-28-15-9-4-10-16-28)31(21-26-11-5-2-6-12-26)32(35(40-36)34-25-38-34)22-27-13-7-3-8-14-27/h2-20,31-36H,21-25H2,1H3/t31-,32+,33+,34?,35?,36?/m0/s1. The van der Waals surface area contributed by atoms with Crippen molar-refractivity contribution in [2.24, 2.45) is 17.8 Å². The van der Waals surface area contributed by atoms with E-state index in [0.29, 0.717) is 18.4 Å². The van der Waals surface area contributed by atoms with Crippen LogP contribution in [-0.2, 0) is 40.1 Å². The second-order valence-corrected chi connectivity index (χ2v) is 11.1. The molecule has 0 bridgehead atoms. The summed E-state index contributed by atoms with van der Waals surface area (Å²) in [4.78, 5) is 0. The molecule has 0 radical (unpaired) electrons. The van der Waals surface area contributed by atoms with E-state index >= 15 is 0 Å². The van der Waals surface area contributed by atoms with E-state index in [1.165, 1.54) is 16.7 Å². The van der Waals surface area contributed by atoms with Gasteiger partial charge in [-0.05, 0) is 65.5 Å². The zero-order valence-corrected chi connectivity index (χ0v) is 23.1. The van der Waals surface area contributed by atoms with Gasteiger partial charge in [-0.2, -0.15) is 0 Å². The molecule has 0 N–H and O–H groups in total. The van der Waals surface area contributed by atoms with Crippen molar-refractivity contribution in [3.8, 4) is 5.75 Å². The predicted molar refractivity (Wildman–Crippen MR) is 157 cm³/mol. The Morgan fingerprint density at radius 3 is 1.60 bits per heavy atom. The molecule has 0 aromatic heterocycles. The minimum absolute atomic E-state index is 0.0122. The van der Waals surface area contributed by atoms with Crippen LogP contribution in [-0.4, -0.2) is 32.2 Å². The average molecular weight is 535 g/mol. The molecule has 4 aromatic carbocycles. The quantitative estimate of drug-likeness (QED) is 0.196. The fourth-order valence-corrected chi connectivity index (χ4v) is 6.27. The maximum Gasteiger partial charge on any atom is 0.161 e. The number of hydrogen-bond donors (Lipinski definition) is 0. The Morgan fingerprint density at radius 1 is 0.600 bits per heavy atom. The fourth-order valence-electron chi connectivity index (χ4n) is 6.27. The van der Waals surface area contributed by atoms with Gasteiger partial charge in [0.25, 0.3) is 0 Å². The second-order valence-electron chi connectivity index (χ2n) is 11.1. The van der Waals surface area contributed by atoms with E-state index in [0.717, 1.165) is 37.2 Å². The van der Waals surface area contributed by atoms with Gasteiger partial charge < -0.3 is 18.9 Å². The number of epoxide rings is 1. The van der Waals surface area contributed by atoms with Crippen LogP contribution >= 0.6 is 0 Å². The molecule has 6 rings (SSSR count).